The number of aliphatic imine (C=N–C) groups is 2. The molecule has 0 unspecified atom stereocenters. The van der Waals surface area contributed by atoms with Crippen LogP contribution in [0.25, 0.3) is 11.1 Å². The molecule has 0 saturated carbocycles. The molecule has 2 atom stereocenters. The number of hydrogen-bond acceptors (Lipinski definition) is 11. The molecular formula is C32H39BrN9O3P. The molecule has 1 saturated heterocycles. The van der Waals surface area contributed by atoms with Gasteiger partial charge in [0.05, 0.1) is 52.4 Å². The summed E-state index contributed by atoms with van der Waals surface area (Å²) in [6, 6.07) is 7.66. The van der Waals surface area contributed by atoms with Crippen LogP contribution in [-0.4, -0.2) is 78.4 Å². The van der Waals surface area contributed by atoms with E-state index < -0.39 is 7.14 Å². The number of aromatic nitrogens is 4. The Balaban J connectivity index is 1.55. The van der Waals surface area contributed by atoms with E-state index in [4.69, 9.17) is 14.5 Å². The monoisotopic (exact) mass is 707 g/mol. The van der Waals surface area contributed by atoms with Gasteiger partial charge in [-0.15, -0.1) is 0 Å². The summed E-state index contributed by atoms with van der Waals surface area (Å²) in [5.41, 5.74) is 5.31. The first-order valence-electron chi connectivity index (χ1n) is 14.8. The summed E-state index contributed by atoms with van der Waals surface area (Å²) in [7, 11) is 0.715. The van der Waals surface area contributed by atoms with Gasteiger partial charge in [-0.25, -0.2) is 4.98 Å². The summed E-state index contributed by atoms with van der Waals surface area (Å²) >= 11 is 3.57. The Morgan fingerprint density at radius 3 is 2.50 bits per heavy atom. The molecule has 4 aromatic rings. The minimum absolute atomic E-state index is 0.0836. The molecule has 5 rings (SSSR count). The largest absolute Gasteiger partial charge is 0.494 e. The van der Waals surface area contributed by atoms with E-state index in [-0.39, 0.29) is 12.2 Å². The second-order valence-electron chi connectivity index (χ2n) is 11.5. The van der Waals surface area contributed by atoms with Gasteiger partial charge >= 0.3 is 0 Å². The number of rotatable bonds is 10. The summed E-state index contributed by atoms with van der Waals surface area (Å²) in [5, 5.41) is 11.7. The number of hydrogen-bond donors (Lipinski definition) is 2. The Labute approximate surface area is 277 Å². The number of ether oxygens (including phenoxy) is 2. The van der Waals surface area contributed by atoms with E-state index in [0.717, 1.165) is 29.9 Å². The molecule has 0 amide bonds. The van der Waals surface area contributed by atoms with E-state index in [2.05, 4.69) is 72.1 Å². The summed E-state index contributed by atoms with van der Waals surface area (Å²) in [5.74, 6) is 1.43. The zero-order chi connectivity index (χ0) is 33.2. The minimum atomic E-state index is -2.82. The van der Waals surface area contributed by atoms with Crippen LogP contribution in [0.3, 0.4) is 0 Å². The molecule has 0 bridgehead atoms. The fraction of sp³-hybridized carbons (Fsp3) is 0.344. The second-order valence-corrected chi connectivity index (χ2v) is 15.5. The SMILES string of the molecule is C=Nc1ccc(Nc2nc(Nc3cc(-c4cnn(C)c4)c(N4C[C@@H](C)O[C@@H](C)C4)cc3OC)ncc2Br)c(P(C)(C)=O)c1/N=C\C. The third kappa shape index (κ3) is 7.16. The standard InChI is InChI=1S/C32H39BrN9O3P/c1-9-35-29-24(34-4)10-11-25(30(29)46(7,8)43)38-31-23(33)15-36-32(40-31)39-26-12-22(21-14-37-41(5)18-21)27(13-28(26)44-6)42-16-19(2)45-20(3)17-42/h9-15,18-20H,4,16-17H2,1-3,5-8H3,(H2,36,38,39,40)/b35-9-/t19-,20+. The van der Waals surface area contributed by atoms with E-state index in [0.29, 0.717) is 50.0 Å². The summed E-state index contributed by atoms with van der Waals surface area (Å²) in [6.07, 6.45) is 7.30. The molecule has 46 heavy (non-hydrogen) atoms. The molecule has 3 heterocycles. The van der Waals surface area contributed by atoms with Gasteiger partial charge in [0, 0.05) is 61.6 Å². The number of methoxy groups -OCH3 is 1. The highest BCUT2D eigenvalue weighted by Crippen LogP contribution is 2.46. The van der Waals surface area contributed by atoms with Gasteiger partial charge in [-0.2, -0.15) is 10.1 Å². The molecule has 12 nitrogen and oxygen atoms in total. The Morgan fingerprint density at radius 2 is 1.89 bits per heavy atom. The molecule has 0 aliphatic carbocycles. The zero-order valence-electron chi connectivity index (χ0n) is 27.1. The van der Waals surface area contributed by atoms with Gasteiger partial charge in [-0.1, -0.05) is 0 Å². The molecule has 0 spiro atoms. The number of nitrogens with zero attached hydrogens (tertiary/aromatic N) is 7. The topological polar surface area (TPSA) is 131 Å². The Bertz CT molecular complexity index is 1830. The van der Waals surface area contributed by atoms with Crippen molar-refractivity contribution < 1.29 is 14.0 Å². The molecule has 1 fully saturated rings. The average molecular weight is 709 g/mol. The van der Waals surface area contributed by atoms with Gasteiger partial charge in [0.2, 0.25) is 5.95 Å². The molecule has 1 aliphatic rings. The predicted molar refractivity (Wildman–Crippen MR) is 192 cm³/mol. The van der Waals surface area contributed by atoms with E-state index in [9.17, 15) is 4.57 Å². The summed E-state index contributed by atoms with van der Waals surface area (Å²) in [6.45, 7) is 14.5. The maximum Gasteiger partial charge on any atom is 0.229 e. The minimum Gasteiger partial charge on any atom is -0.494 e. The lowest BCUT2D eigenvalue weighted by molar-refractivity contribution is -0.00519. The van der Waals surface area contributed by atoms with Gasteiger partial charge in [-0.3, -0.25) is 14.7 Å². The van der Waals surface area contributed by atoms with Crippen molar-refractivity contribution in [3.05, 3.63) is 47.3 Å². The van der Waals surface area contributed by atoms with Crippen molar-refractivity contribution in [1.82, 2.24) is 19.7 Å². The maximum atomic E-state index is 13.5. The Morgan fingerprint density at radius 1 is 1.15 bits per heavy atom. The lowest BCUT2D eigenvalue weighted by Gasteiger charge is -2.38. The molecule has 2 aromatic carbocycles. The van der Waals surface area contributed by atoms with Crippen molar-refractivity contribution >= 4 is 81.5 Å². The number of anilines is 5. The van der Waals surface area contributed by atoms with Crippen LogP contribution < -0.4 is 25.6 Å². The molecule has 2 aromatic heterocycles. The Kier molecular flexibility index (Phi) is 9.95. The first-order chi connectivity index (χ1) is 21.9. The van der Waals surface area contributed by atoms with Crippen LogP contribution in [0, 0.1) is 0 Å². The molecular weight excluding hydrogens is 669 g/mol. The third-order valence-electron chi connectivity index (χ3n) is 7.43. The van der Waals surface area contributed by atoms with Crippen LogP contribution in [0.2, 0.25) is 0 Å². The molecule has 1 aliphatic heterocycles. The average Bonchev–Trinajstić information content (AvgIpc) is 3.43. The maximum absolute atomic E-state index is 13.5. The van der Waals surface area contributed by atoms with Crippen LogP contribution >= 0.6 is 23.1 Å². The van der Waals surface area contributed by atoms with Crippen molar-refractivity contribution in [2.45, 2.75) is 33.0 Å². The van der Waals surface area contributed by atoms with E-state index in [1.807, 2.05) is 37.6 Å². The zero-order valence-corrected chi connectivity index (χ0v) is 29.6. The predicted octanol–water partition coefficient (Wildman–Crippen LogP) is 7.05. The number of benzene rings is 2. The van der Waals surface area contributed by atoms with E-state index in [1.165, 1.54) is 0 Å². The first-order valence-corrected chi connectivity index (χ1v) is 18.2. The van der Waals surface area contributed by atoms with Gasteiger partial charge < -0.3 is 29.6 Å². The fourth-order valence-electron chi connectivity index (χ4n) is 5.63. The van der Waals surface area contributed by atoms with E-state index >= 15 is 0 Å². The van der Waals surface area contributed by atoms with Crippen LogP contribution in [0.15, 0.2) is 57.3 Å². The molecule has 14 heteroatoms. The summed E-state index contributed by atoms with van der Waals surface area (Å²) < 4.78 is 27.8. The molecule has 0 radical (unpaired) electrons. The van der Waals surface area contributed by atoms with Crippen molar-refractivity contribution in [2.75, 3.05) is 49.1 Å². The van der Waals surface area contributed by atoms with Crippen LogP contribution in [-0.2, 0) is 16.3 Å². The van der Waals surface area contributed by atoms with Crippen LogP contribution in [0.5, 0.6) is 5.75 Å². The number of aryl methyl sites for hydroxylation is 1. The number of morpholine rings is 1. The normalized spacial score (nSPS) is 16.9. The highest BCUT2D eigenvalue weighted by Gasteiger charge is 2.27. The lowest BCUT2D eigenvalue weighted by Crippen LogP contribution is -2.45. The van der Waals surface area contributed by atoms with Gasteiger partial charge in [0.15, 0.2) is 0 Å². The second kappa shape index (κ2) is 13.7. The van der Waals surface area contributed by atoms with E-state index in [1.54, 1.807) is 50.5 Å². The van der Waals surface area contributed by atoms with Crippen molar-refractivity contribution in [2.24, 2.45) is 17.0 Å². The van der Waals surface area contributed by atoms with Crippen molar-refractivity contribution in [3.8, 4) is 16.9 Å². The molecule has 242 valence electrons. The Hall–Kier alpha value is -4.06. The highest BCUT2D eigenvalue weighted by molar-refractivity contribution is 9.10. The van der Waals surface area contributed by atoms with Gasteiger partial charge in [0.1, 0.15) is 24.4 Å². The van der Waals surface area contributed by atoms with Crippen LogP contribution in [0.1, 0.15) is 20.8 Å². The third-order valence-corrected chi connectivity index (χ3v) is 9.54. The molecule has 2 N–H and O–H groups in total. The quantitative estimate of drug-likeness (QED) is 0.131. The van der Waals surface area contributed by atoms with Crippen LogP contribution in [0.4, 0.5) is 40.2 Å². The number of halogens is 1. The van der Waals surface area contributed by atoms with Crippen molar-refractivity contribution in [1.29, 1.82) is 0 Å². The smallest absolute Gasteiger partial charge is 0.229 e. The van der Waals surface area contributed by atoms with Gasteiger partial charge in [0.25, 0.3) is 0 Å². The highest BCUT2D eigenvalue weighted by atomic mass is 79.9. The number of nitrogens with one attached hydrogen (secondary N) is 2. The van der Waals surface area contributed by atoms with Crippen molar-refractivity contribution in [3.63, 3.8) is 0 Å². The fourth-order valence-corrected chi connectivity index (χ4v) is 7.31. The van der Waals surface area contributed by atoms with Gasteiger partial charge in [-0.05, 0) is 74.9 Å². The first kappa shape index (κ1) is 33.3. The lowest BCUT2D eigenvalue weighted by atomic mass is 10.0. The summed E-state index contributed by atoms with van der Waals surface area (Å²) in [4.78, 5) is 20.2.